The molecule has 122 valence electrons. The predicted molar refractivity (Wildman–Crippen MR) is 87.1 cm³/mol. The average Bonchev–Trinajstić information content (AvgIpc) is 2.65. The summed E-state index contributed by atoms with van der Waals surface area (Å²) in [6.45, 7) is 7.57. The number of amides is 1. The van der Waals surface area contributed by atoms with Gasteiger partial charge < -0.3 is 14.7 Å². The lowest BCUT2D eigenvalue weighted by Gasteiger charge is -2.28. The van der Waals surface area contributed by atoms with Gasteiger partial charge in [0, 0.05) is 11.1 Å². The van der Waals surface area contributed by atoms with Crippen molar-refractivity contribution in [1.29, 1.82) is 0 Å². The van der Waals surface area contributed by atoms with Crippen LogP contribution in [0.3, 0.4) is 0 Å². The Labute approximate surface area is 137 Å². The first-order chi connectivity index (χ1) is 10.1. The second kappa shape index (κ2) is 6.09. The SMILES string of the molecule is CC1(O)CC(Cc2ccc(Cl)cc2)N(C(=O)OC(C)(C)C)C1. The molecule has 0 aromatic heterocycles. The molecular weight excluding hydrogens is 302 g/mol. The molecule has 1 N–H and O–H groups in total. The number of likely N-dealkylation sites (tertiary alicyclic amines) is 1. The van der Waals surface area contributed by atoms with Crippen LogP contribution in [0.2, 0.25) is 5.02 Å². The molecule has 0 saturated carbocycles. The van der Waals surface area contributed by atoms with Crippen LogP contribution in [0.4, 0.5) is 4.79 Å². The number of ether oxygens (including phenoxy) is 1. The molecular formula is C17H24ClNO3. The summed E-state index contributed by atoms with van der Waals surface area (Å²) in [7, 11) is 0. The Bertz CT molecular complexity index is 534. The van der Waals surface area contributed by atoms with E-state index in [2.05, 4.69) is 0 Å². The number of rotatable bonds is 2. The molecule has 22 heavy (non-hydrogen) atoms. The zero-order valence-electron chi connectivity index (χ0n) is 13.6. The third kappa shape index (κ3) is 4.62. The number of carbonyl (C=O) groups excluding carboxylic acids is 1. The van der Waals surface area contributed by atoms with Gasteiger partial charge in [-0.25, -0.2) is 4.79 Å². The molecule has 1 aliphatic rings. The van der Waals surface area contributed by atoms with E-state index in [0.717, 1.165) is 5.56 Å². The zero-order chi connectivity index (χ0) is 16.5. The first-order valence-electron chi connectivity index (χ1n) is 7.52. The van der Waals surface area contributed by atoms with Crippen LogP contribution in [0, 0.1) is 0 Å². The van der Waals surface area contributed by atoms with Crippen LogP contribution in [0.1, 0.15) is 39.7 Å². The highest BCUT2D eigenvalue weighted by Gasteiger charge is 2.43. The van der Waals surface area contributed by atoms with Crippen molar-refractivity contribution < 1.29 is 14.6 Å². The highest BCUT2D eigenvalue weighted by atomic mass is 35.5. The highest BCUT2D eigenvalue weighted by molar-refractivity contribution is 6.30. The summed E-state index contributed by atoms with van der Waals surface area (Å²) in [5, 5.41) is 11.0. The highest BCUT2D eigenvalue weighted by Crippen LogP contribution is 2.30. The van der Waals surface area contributed by atoms with Gasteiger partial charge in [0.05, 0.1) is 12.1 Å². The van der Waals surface area contributed by atoms with Crippen molar-refractivity contribution in [2.75, 3.05) is 6.54 Å². The molecule has 1 aliphatic heterocycles. The smallest absolute Gasteiger partial charge is 0.410 e. The maximum atomic E-state index is 12.4. The van der Waals surface area contributed by atoms with Gasteiger partial charge in [-0.05, 0) is 58.2 Å². The van der Waals surface area contributed by atoms with Crippen LogP contribution in [-0.2, 0) is 11.2 Å². The van der Waals surface area contributed by atoms with Crippen LogP contribution in [0.25, 0.3) is 0 Å². The number of β-amino-alcohol motifs (C(OH)–C–C–N with tert-alkyl or cyclic N) is 1. The van der Waals surface area contributed by atoms with Crippen molar-refractivity contribution in [3.05, 3.63) is 34.9 Å². The van der Waals surface area contributed by atoms with E-state index in [0.29, 0.717) is 24.4 Å². The Morgan fingerprint density at radius 2 is 2.00 bits per heavy atom. The van der Waals surface area contributed by atoms with Crippen LogP contribution in [0.15, 0.2) is 24.3 Å². The van der Waals surface area contributed by atoms with Crippen LogP contribution >= 0.6 is 11.6 Å². The van der Waals surface area contributed by atoms with E-state index < -0.39 is 11.2 Å². The van der Waals surface area contributed by atoms with E-state index in [1.807, 2.05) is 45.0 Å². The number of aliphatic hydroxyl groups is 1. The van der Waals surface area contributed by atoms with Gasteiger partial charge in [0.15, 0.2) is 0 Å². The van der Waals surface area contributed by atoms with E-state index in [-0.39, 0.29) is 12.1 Å². The Kier molecular flexibility index (Phi) is 4.73. The molecule has 0 radical (unpaired) electrons. The lowest BCUT2D eigenvalue weighted by atomic mass is 9.98. The molecule has 5 heteroatoms. The molecule has 1 saturated heterocycles. The largest absolute Gasteiger partial charge is 0.444 e. The number of carbonyl (C=O) groups is 1. The van der Waals surface area contributed by atoms with Gasteiger partial charge in [0.1, 0.15) is 5.60 Å². The van der Waals surface area contributed by atoms with Crippen molar-refractivity contribution in [1.82, 2.24) is 4.90 Å². The van der Waals surface area contributed by atoms with Crippen molar-refractivity contribution in [2.24, 2.45) is 0 Å². The third-order valence-electron chi connectivity index (χ3n) is 3.64. The summed E-state index contributed by atoms with van der Waals surface area (Å²) >= 11 is 5.90. The van der Waals surface area contributed by atoms with Crippen molar-refractivity contribution >= 4 is 17.7 Å². The normalized spacial score (nSPS) is 25.4. The molecule has 2 unspecified atom stereocenters. The zero-order valence-corrected chi connectivity index (χ0v) is 14.4. The van der Waals surface area contributed by atoms with Gasteiger partial charge in [-0.15, -0.1) is 0 Å². The summed E-state index contributed by atoms with van der Waals surface area (Å²) in [4.78, 5) is 14.0. The van der Waals surface area contributed by atoms with Crippen molar-refractivity contribution in [3.8, 4) is 0 Å². The third-order valence-corrected chi connectivity index (χ3v) is 3.89. The number of benzene rings is 1. The monoisotopic (exact) mass is 325 g/mol. The predicted octanol–water partition coefficient (Wildman–Crippen LogP) is 3.64. The number of halogens is 1. The molecule has 2 rings (SSSR count). The fourth-order valence-corrected chi connectivity index (χ4v) is 2.91. The first-order valence-corrected chi connectivity index (χ1v) is 7.90. The van der Waals surface area contributed by atoms with E-state index in [4.69, 9.17) is 16.3 Å². The van der Waals surface area contributed by atoms with Crippen molar-refractivity contribution in [2.45, 2.75) is 57.8 Å². The van der Waals surface area contributed by atoms with Gasteiger partial charge in [0.2, 0.25) is 0 Å². The Hall–Kier alpha value is -1.26. The summed E-state index contributed by atoms with van der Waals surface area (Å²) < 4.78 is 5.46. The molecule has 1 fully saturated rings. The number of hydrogen-bond acceptors (Lipinski definition) is 3. The Morgan fingerprint density at radius 3 is 2.55 bits per heavy atom. The molecule has 1 heterocycles. The number of nitrogens with zero attached hydrogens (tertiary/aromatic N) is 1. The van der Waals surface area contributed by atoms with E-state index in [9.17, 15) is 9.90 Å². The first kappa shape index (κ1) is 17.1. The molecule has 1 aromatic carbocycles. The molecule has 1 amide bonds. The summed E-state index contributed by atoms with van der Waals surface area (Å²) in [6, 6.07) is 7.49. The Morgan fingerprint density at radius 1 is 1.41 bits per heavy atom. The van der Waals surface area contributed by atoms with Crippen LogP contribution < -0.4 is 0 Å². The maximum Gasteiger partial charge on any atom is 0.410 e. The fraction of sp³-hybridized carbons (Fsp3) is 0.588. The minimum Gasteiger partial charge on any atom is -0.444 e. The minimum absolute atomic E-state index is 0.0778. The molecule has 0 bridgehead atoms. The standard InChI is InChI=1S/C17H24ClNO3/c1-16(2,3)22-15(20)19-11-17(4,21)10-14(19)9-12-5-7-13(18)8-6-12/h5-8,14,21H,9-11H2,1-4H3. The molecule has 1 aromatic rings. The maximum absolute atomic E-state index is 12.4. The molecule has 2 atom stereocenters. The topological polar surface area (TPSA) is 49.8 Å². The minimum atomic E-state index is -0.881. The summed E-state index contributed by atoms with van der Waals surface area (Å²) in [5.41, 5.74) is -0.342. The number of hydrogen-bond donors (Lipinski definition) is 1. The average molecular weight is 326 g/mol. The van der Waals surface area contributed by atoms with Gasteiger partial charge in [0.25, 0.3) is 0 Å². The van der Waals surface area contributed by atoms with Gasteiger partial charge in [-0.3, -0.25) is 0 Å². The molecule has 4 nitrogen and oxygen atoms in total. The quantitative estimate of drug-likeness (QED) is 0.903. The second-order valence-corrected chi connectivity index (χ2v) is 7.73. The molecule has 0 aliphatic carbocycles. The lowest BCUT2D eigenvalue weighted by molar-refractivity contribution is 0.0154. The van der Waals surface area contributed by atoms with Gasteiger partial charge >= 0.3 is 6.09 Å². The van der Waals surface area contributed by atoms with E-state index in [1.54, 1.807) is 11.8 Å². The summed E-state index contributed by atoms with van der Waals surface area (Å²) in [6.07, 6.45) is 0.839. The summed E-state index contributed by atoms with van der Waals surface area (Å²) in [5.74, 6) is 0. The van der Waals surface area contributed by atoms with E-state index in [1.165, 1.54) is 0 Å². The molecule has 0 spiro atoms. The van der Waals surface area contributed by atoms with Gasteiger partial charge in [-0.1, -0.05) is 23.7 Å². The second-order valence-electron chi connectivity index (χ2n) is 7.29. The fourth-order valence-electron chi connectivity index (χ4n) is 2.79. The lowest BCUT2D eigenvalue weighted by Crippen LogP contribution is -2.41. The van der Waals surface area contributed by atoms with Crippen molar-refractivity contribution in [3.63, 3.8) is 0 Å². The van der Waals surface area contributed by atoms with E-state index >= 15 is 0 Å². The van der Waals surface area contributed by atoms with Crippen LogP contribution in [0.5, 0.6) is 0 Å². The Balaban J connectivity index is 2.12. The van der Waals surface area contributed by atoms with Crippen LogP contribution in [-0.4, -0.2) is 39.9 Å². The van der Waals surface area contributed by atoms with Gasteiger partial charge in [-0.2, -0.15) is 0 Å².